The first-order valence-corrected chi connectivity index (χ1v) is 10.4. The number of carbonyl (C=O) groups excluding carboxylic acids is 1. The van der Waals surface area contributed by atoms with Crippen molar-refractivity contribution in [3.05, 3.63) is 78.0 Å². The number of sulfonamides is 1. The standard InChI is InChI=1S/C21H19N3O4S/c1-15-7-3-4-8-16(15)14-23-21(25)24(17-9-5-10-18(13-17)28-2)20-19(29(23,26)27)11-6-12-22-20/h3-13H,14H2,1-2H3. The zero-order chi connectivity index (χ0) is 20.6. The highest BCUT2D eigenvalue weighted by molar-refractivity contribution is 7.90. The second kappa shape index (κ2) is 7.21. The van der Waals surface area contributed by atoms with E-state index in [4.69, 9.17) is 4.74 Å². The number of rotatable bonds is 4. The lowest BCUT2D eigenvalue weighted by atomic mass is 10.1. The fourth-order valence-corrected chi connectivity index (χ4v) is 4.71. The lowest BCUT2D eigenvalue weighted by Gasteiger charge is -2.35. The molecule has 29 heavy (non-hydrogen) atoms. The summed E-state index contributed by atoms with van der Waals surface area (Å²) < 4.78 is 32.6. The van der Waals surface area contributed by atoms with E-state index in [9.17, 15) is 13.2 Å². The Morgan fingerprint density at radius 3 is 2.59 bits per heavy atom. The van der Waals surface area contributed by atoms with E-state index in [1.165, 1.54) is 24.3 Å². The van der Waals surface area contributed by atoms with Crippen LogP contribution in [0.4, 0.5) is 16.3 Å². The minimum atomic E-state index is -4.06. The molecule has 0 N–H and O–H groups in total. The number of pyridine rings is 1. The quantitative estimate of drug-likeness (QED) is 0.654. The normalized spacial score (nSPS) is 15.2. The van der Waals surface area contributed by atoms with Crippen LogP contribution >= 0.6 is 0 Å². The number of aryl methyl sites for hydroxylation is 1. The maximum Gasteiger partial charge on any atom is 0.344 e. The molecular formula is C21H19N3O4S. The number of amides is 2. The van der Waals surface area contributed by atoms with Crippen LogP contribution in [0, 0.1) is 6.92 Å². The maximum absolute atomic E-state index is 13.4. The fourth-order valence-electron chi connectivity index (χ4n) is 3.25. The van der Waals surface area contributed by atoms with E-state index in [0.717, 1.165) is 15.4 Å². The van der Waals surface area contributed by atoms with Gasteiger partial charge in [-0.15, -0.1) is 0 Å². The third-order valence-electron chi connectivity index (χ3n) is 4.82. The van der Waals surface area contributed by atoms with E-state index in [2.05, 4.69) is 4.98 Å². The summed E-state index contributed by atoms with van der Waals surface area (Å²) in [5.41, 5.74) is 2.13. The van der Waals surface area contributed by atoms with Crippen molar-refractivity contribution >= 4 is 27.6 Å². The minimum absolute atomic E-state index is 0.0176. The van der Waals surface area contributed by atoms with Crippen LogP contribution in [0.5, 0.6) is 5.75 Å². The van der Waals surface area contributed by atoms with Gasteiger partial charge < -0.3 is 4.74 Å². The molecule has 0 unspecified atom stereocenters. The van der Waals surface area contributed by atoms with E-state index in [1.807, 2.05) is 31.2 Å². The molecule has 3 aromatic rings. The van der Waals surface area contributed by atoms with Gasteiger partial charge in [0.25, 0.3) is 10.0 Å². The van der Waals surface area contributed by atoms with Crippen LogP contribution in [0.2, 0.25) is 0 Å². The molecule has 148 valence electrons. The molecule has 2 amide bonds. The first-order valence-electron chi connectivity index (χ1n) is 8.94. The molecule has 0 fully saturated rings. The van der Waals surface area contributed by atoms with E-state index in [-0.39, 0.29) is 17.3 Å². The molecule has 0 radical (unpaired) electrons. The van der Waals surface area contributed by atoms with Gasteiger partial charge in [-0.25, -0.2) is 27.4 Å². The van der Waals surface area contributed by atoms with Crippen LogP contribution in [-0.4, -0.2) is 30.8 Å². The molecule has 0 spiro atoms. The van der Waals surface area contributed by atoms with Crippen molar-refractivity contribution in [3.63, 3.8) is 0 Å². The monoisotopic (exact) mass is 409 g/mol. The number of methoxy groups -OCH3 is 1. The van der Waals surface area contributed by atoms with E-state index >= 15 is 0 Å². The molecule has 2 aromatic carbocycles. The Kier molecular flexibility index (Phi) is 4.71. The van der Waals surface area contributed by atoms with Gasteiger partial charge >= 0.3 is 6.03 Å². The van der Waals surface area contributed by atoms with Crippen molar-refractivity contribution in [1.29, 1.82) is 0 Å². The number of anilines is 2. The fraction of sp³-hybridized carbons (Fsp3) is 0.143. The Morgan fingerprint density at radius 1 is 1.03 bits per heavy atom. The largest absolute Gasteiger partial charge is 0.497 e. The zero-order valence-corrected chi connectivity index (χ0v) is 16.8. The number of ether oxygens (including phenoxy) is 1. The van der Waals surface area contributed by atoms with Gasteiger partial charge in [0.2, 0.25) is 0 Å². The molecule has 2 heterocycles. The summed E-state index contributed by atoms with van der Waals surface area (Å²) >= 11 is 0. The van der Waals surface area contributed by atoms with Gasteiger partial charge in [-0.05, 0) is 42.3 Å². The van der Waals surface area contributed by atoms with Gasteiger partial charge in [-0.2, -0.15) is 0 Å². The summed E-state index contributed by atoms with van der Waals surface area (Å²) in [6, 6.07) is 16.6. The Balaban J connectivity index is 1.88. The Bertz CT molecular complexity index is 1190. The van der Waals surface area contributed by atoms with Crippen molar-refractivity contribution in [1.82, 2.24) is 9.29 Å². The molecule has 1 aliphatic rings. The summed E-state index contributed by atoms with van der Waals surface area (Å²) in [5.74, 6) is 0.624. The van der Waals surface area contributed by atoms with Crippen LogP contribution in [-0.2, 0) is 16.6 Å². The van der Waals surface area contributed by atoms with Gasteiger partial charge in [0.15, 0.2) is 5.82 Å². The molecule has 4 rings (SSSR count). The molecule has 8 heteroatoms. The maximum atomic E-state index is 13.4. The van der Waals surface area contributed by atoms with Crippen LogP contribution in [0.1, 0.15) is 11.1 Å². The lowest BCUT2D eigenvalue weighted by molar-refractivity contribution is 0.229. The highest BCUT2D eigenvalue weighted by Gasteiger charge is 2.43. The third-order valence-corrected chi connectivity index (χ3v) is 6.56. The summed E-state index contributed by atoms with van der Waals surface area (Å²) in [6.07, 6.45) is 1.46. The first-order chi connectivity index (χ1) is 13.9. The second-order valence-corrected chi connectivity index (χ2v) is 8.41. The molecule has 0 atom stereocenters. The van der Waals surface area contributed by atoms with E-state index in [0.29, 0.717) is 11.4 Å². The number of hydrogen-bond acceptors (Lipinski definition) is 5. The number of nitrogens with zero attached hydrogens (tertiary/aromatic N) is 3. The van der Waals surface area contributed by atoms with E-state index in [1.54, 1.807) is 30.3 Å². The van der Waals surface area contributed by atoms with Crippen molar-refractivity contribution in [2.45, 2.75) is 18.4 Å². The van der Waals surface area contributed by atoms with Crippen LogP contribution in [0.3, 0.4) is 0 Å². The molecular weight excluding hydrogens is 390 g/mol. The molecule has 0 bridgehead atoms. The van der Waals surface area contributed by atoms with Gasteiger partial charge in [-0.3, -0.25) is 0 Å². The molecule has 0 saturated carbocycles. The SMILES string of the molecule is COc1cccc(N2C(=O)N(Cc3ccccc3C)S(=O)(=O)c3cccnc32)c1. The number of hydrogen-bond donors (Lipinski definition) is 0. The summed E-state index contributed by atoms with van der Waals surface area (Å²) in [5, 5.41) is 0. The minimum Gasteiger partial charge on any atom is -0.497 e. The molecule has 0 aliphatic carbocycles. The number of carbonyl (C=O) groups is 1. The number of urea groups is 1. The summed E-state index contributed by atoms with van der Waals surface area (Å²) in [7, 11) is -2.53. The Morgan fingerprint density at radius 2 is 1.83 bits per heavy atom. The topological polar surface area (TPSA) is 79.8 Å². The Hall–Kier alpha value is -3.39. The molecule has 1 aromatic heterocycles. The second-order valence-electron chi connectivity index (χ2n) is 6.58. The molecule has 0 saturated heterocycles. The van der Waals surface area contributed by atoms with Crippen LogP contribution in [0.25, 0.3) is 0 Å². The Labute approximate surface area is 169 Å². The lowest BCUT2D eigenvalue weighted by Crippen LogP contribution is -2.48. The van der Waals surface area contributed by atoms with Gasteiger partial charge in [-0.1, -0.05) is 30.3 Å². The summed E-state index contributed by atoms with van der Waals surface area (Å²) in [4.78, 5) is 18.9. The third kappa shape index (κ3) is 3.21. The van der Waals surface area contributed by atoms with E-state index < -0.39 is 16.1 Å². The smallest absolute Gasteiger partial charge is 0.344 e. The van der Waals surface area contributed by atoms with Crippen molar-refractivity contribution in [2.24, 2.45) is 0 Å². The van der Waals surface area contributed by atoms with Gasteiger partial charge in [0, 0.05) is 12.3 Å². The first kappa shape index (κ1) is 18.9. The molecule has 1 aliphatic heterocycles. The highest BCUT2D eigenvalue weighted by atomic mass is 32.2. The zero-order valence-electron chi connectivity index (χ0n) is 15.9. The summed E-state index contributed by atoms with van der Waals surface area (Å²) in [6.45, 7) is 1.81. The predicted molar refractivity (Wildman–Crippen MR) is 109 cm³/mol. The van der Waals surface area contributed by atoms with Crippen LogP contribution < -0.4 is 9.64 Å². The van der Waals surface area contributed by atoms with Gasteiger partial charge in [0.05, 0.1) is 19.3 Å². The van der Waals surface area contributed by atoms with Crippen molar-refractivity contribution < 1.29 is 17.9 Å². The van der Waals surface area contributed by atoms with Crippen molar-refractivity contribution in [3.8, 4) is 5.75 Å². The average Bonchev–Trinajstić information content (AvgIpc) is 2.73. The van der Waals surface area contributed by atoms with Crippen LogP contribution in [0.15, 0.2) is 71.8 Å². The predicted octanol–water partition coefficient (Wildman–Crippen LogP) is 3.86. The average molecular weight is 409 g/mol. The number of fused-ring (bicyclic) bond motifs is 1. The number of benzene rings is 2. The molecule has 7 nitrogen and oxygen atoms in total. The van der Waals surface area contributed by atoms with Gasteiger partial charge in [0.1, 0.15) is 10.6 Å². The number of aromatic nitrogens is 1. The van der Waals surface area contributed by atoms with Crippen molar-refractivity contribution in [2.75, 3.05) is 12.0 Å². The highest BCUT2D eigenvalue weighted by Crippen LogP contribution is 2.39.